The molecule has 0 aromatic heterocycles. The van der Waals surface area contributed by atoms with Crippen molar-refractivity contribution in [3.63, 3.8) is 0 Å². The minimum Gasteiger partial charge on any atom is -0.494 e. The van der Waals surface area contributed by atoms with Gasteiger partial charge >= 0.3 is 0 Å². The number of carbonyl (C=O) groups excluding carboxylic acids is 1. The molecule has 0 radical (unpaired) electrons. The van der Waals surface area contributed by atoms with Gasteiger partial charge in [-0.1, -0.05) is 36.0 Å². The van der Waals surface area contributed by atoms with Crippen molar-refractivity contribution in [2.45, 2.75) is 37.8 Å². The summed E-state index contributed by atoms with van der Waals surface area (Å²) in [6.45, 7) is 1.14. The number of fused-ring (bicyclic) bond motifs is 1. The maximum absolute atomic E-state index is 13.1. The van der Waals surface area contributed by atoms with Crippen molar-refractivity contribution in [3.8, 4) is 5.75 Å². The van der Waals surface area contributed by atoms with Gasteiger partial charge in [0.1, 0.15) is 5.56 Å². The van der Waals surface area contributed by atoms with Crippen LogP contribution in [0.15, 0.2) is 12.1 Å². The smallest absolute Gasteiger partial charge is 0.259 e. The van der Waals surface area contributed by atoms with E-state index >= 15 is 0 Å². The molecule has 3 rings (SSSR count). The molecule has 0 bridgehead atoms. The number of hydrogen-bond acceptors (Lipinski definition) is 3. The Labute approximate surface area is 140 Å². The van der Waals surface area contributed by atoms with Crippen molar-refractivity contribution in [2.24, 2.45) is 0 Å². The lowest BCUT2D eigenvalue weighted by Gasteiger charge is -2.44. The number of halogens is 2. The van der Waals surface area contributed by atoms with Gasteiger partial charge in [-0.25, -0.2) is 0 Å². The molecule has 1 saturated heterocycles. The Balaban J connectivity index is 1.95. The highest BCUT2D eigenvalue weighted by Crippen LogP contribution is 2.37. The first-order valence-corrected chi connectivity index (χ1v) is 8.33. The Kier molecular flexibility index (Phi) is 4.81. The molecule has 1 heterocycles. The summed E-state index contributed by atoms with van der Waals surface area (Å²) in [6, 6.07) is 3.40. The van der Waals surface area contributed by atoms with Crippen LogP contribution in [0.5, 0.6) is 5.75 Å². The SMILES string of the molecule is COc1c(Cl)ccc(Cl)c1C(=O)N1CCOC2CCCCC21. The van der Waals surface area contributed by atoms with E-state index in [1.807, 2.05) is 4.90 Å². The van der Waals surface area contributed by atoms with Gasteiger partial charge in [-0.3, -0.25) is 4.79 Å². The lowest BCUT2D eigenvalue weighted by atomic mass is 9.89. The Hall–Kier alpha value is -0.970. The molecule has 1 saturated carbocycles. The average Bonchev–Trinajstić information content (AvgIpc) is 2.55. The van der Waals surface area contributed by atoms with Crippen LogP contribution in [0.25, 0.3) is 0 Å². The van der Waals surface area contributed by atoms with Crippen LogP contribution >= 0.6 is 23.2 Å². The Morgan fingerprint density at radius 2 is 2.00 bits per heavy atom. The predicted molar refractivity (Wildman–Crippen MR) is 86.0 cm³/mol. The minimum atomic E-state index is -0.121. The third-order valence-corrected chi connectivity index (χ3v) is 5.08. The summed E-state index contributed by atoms with van der Waals surface area (Å²) >= 11 is 12.4. The number of rotatable bonds is 2. The fraction of sp³-hybridized carbons (Fsp3) is 0.562. The van der Waals surface area contributed by atoms with Crippen LogP contribution in [0.2, 0.25) is 10.0 Å². The highest BCUT2D eigenvalue weighted by molar-refractivity contribution is 6.37. The van der Waals surface area contributed by atoms with E-state index in [1.54, 1.807) is 12.1 Å². The van der Waals surface area contributed by atoms with E-state index < -0.39 is 0 Å². The van der Waals surface area contributed by atoms with Crippen LogP contribution in [-0.2, 0) is 4.74 Å². The molecule has 0 N–H and O–H groups in total. The van der Waals surface area contributed by atoms with Crippen LogP contribution in [0.1, 0.15) is 36.0 Å². The molecule has 2 aliphatic rings. The van der Waals surface area contributed by atoms with E-state index in [1.165, 1.54) is 7.11 Å². The van der Waals surface area contributed by atoms with E-state index in [2.05, 4.69) is 0 Å². The van der Waals surface area contributed by atoms with Gasteiger partial charge in [0.05, 0.1) is 35.9 Å². The number of hydrogen-bond donors (Lipinski definition) is 0. The molecule has 1 aromatic rings. The molecule has 4 nitrogen and oxygen atoms in total. The van der Waals surface area contributed by atoms with Crippen LogP contribution in [0.4, 0.5) is 0 Å². The second-order valence-corrected chi connectivity index (χ2v) is 6.51. The van der Waals surface area contributed by atoms with Gasteiger partial charge in [0.15, 0.2) is 5.75 Å². The second-order valence-electron chi connectivity index (χ2n) is 5.70. The fourth-order valence-corrected chi connectivity index (χ4v) is 3.89. The summed E-state index contributed by atoms with van der Waals surface area (Å²) in [6.07, 6.45) is 4.39. The molecule has 6 heteroatoms. The normalized spacial score (nSPS) is 24.8. The van der Waals surface area contributed by atoms with Crippen molar-refractivity contribution in [3.05, 3.63) is 27.7 Å². The van der Waals surface area contributed by atoms with Crippen LogP contribution < -0.4 is 4.74 Å². The zero-order chi connectivity index (χ0) is 15.7. The van der Waals surface area contributed by atoms with Crippen molar-refractivity contribution in [1.29, 1.82) is 0 Å². The largest absolute Gasteiger partial charge is 0.494 e. The summed E-state index contributed by atoms with van der Waals surface area (Å²) in [7, 11) is 1.50. The maximum atomic E-state index is 13.1. The standard InChI is InChI=1S/C16H19Cl2NO3/c1-21-15-11(18)7-6-10(17)14(15)16(20)19-8-9-22-13-5-3-2-4-12(13)19/h6-7,12-13H,2-5,8-9H2,1H3. The lowest BCUT2D eigenvalue weighted by Crippen LogP contribution is -2.54. The Morgan fingerprint density at radius 3 is 2.77 bits per heavy atom. The Bertz CT molecular complexity index is 577. The highest BCUT2D eigenvalue weighted by atomic mass is 35.5. The predicted octanol–water partition coefficient (Wildman–Crippen LogP) is 3.79. The van der Waals surface area contributed by atoms with Crippen LogP contribution in [-0.4, -0.2) is 43.2 Å². The summed E-state index contributed by atoms with van der Waals surface area (Å²) in [4.78, 5) is 14.9. The van der Waals surface area contributed by atoms with Crippen LogP contribution in [0, 0.1) is 0 Å². The Morgan fingerprint density at radius 1 is 1.27 bits per heavy atom. The quantitative estimate of drug-likeness (QED) is 0.819. The van der Waals surface area contributed by atoms with Gasteiger partial charge in [-0.2, -0.15) is 0 Å². The summed E-state index contributed by atoms with van der Waals surface area (Å²) in [5.41, 5.74) is 0.350. The number of benzene rings is 1. The topological polar surface area (TPSA) is 38.8 Å². The monoisotopic (exact) mass is 343 g/mol. The summed E-state index contributed by atoms with van der Waals surface area (Å²) < 4.78 is 11.1. The van der Waals surface area contributed by atoms with E-state index in [0.717, 1.165) is 25.7 Å². The number of carbonyl (C=O) groups is 1. The van der Waals surface area contributed by atoms with Crippen molar-refractivity contribution < 1.29 is 14.3 Å². The molecule has 0 spiro atoms. The van der Waals surface area contributed by atoms with E-state index in [4.69, 9.17) is 32.7 Å². The van der Waals surface area contributed by atoms with Gasteiger partial charge in [-0.05, 0) is 25.0 Å². The summed E-state index contributed by atoms with van der Waals surface area (Å²) in [5.74, 6) is 0.225. The number of methoxy groups -OCH3 is 1. The molecular weight excluding hydrogens is 325 g/mol. The highest BCUT2D eigenvalue weighted by Gasteiger charge is 2.38. The molecule has 1 aromatic carbocycles. The zero-order valence-electron chi connectivity index (χ0n) is 12.5. The molecule has 22 heavy (non-hydrogen) atoms. The number of ether oxygens (including phenoxy) is 2. The van der Waals surface area contributed by atoms with E-state index in [9.17, 15) is 4.79 Å². The number of morpholine rings is 1. The van der Waals surface area contributed by atoms with Gasteiger partial charge in [0.2, 0.25) is 0 Å². The van der Waals surface area contributed by atoms with E-state index in [0.29, 0.717) is 34.5 Å². The third-order valence-electron chi connectivity index (χ3n) is 4.47. The van der Waals surface area contributed by atoms with Crippen molar-refractivity contribution in [1.82, 2.24) is 4.90 Å². The van der Waals surface area contributed by atoms with Gasteiger partial charge < -0.3 is 14.4 Å². The molecule has 1 aliphatic heterocycles. The van der Waals surface area contributed by atoms with Gasteiger partial charge in [0, 0.05) is 6.54 Å². The second kappa shape index (κ2) is 6.65. The first kappa shape index (κ1) is 15.9. The lowest BCUT2D eigenvalue weighted by molar-refractivity contribution is -0.0753. The molecule has 120 valence electrons. The van der Waals surface area contributed by atoms with Crippen molar-refractivity contribution in [2.75, 3.05) is 20.3 Å². The summed E-state index contributed by atoms with van der Waals surface area (Å²) in [5, 5.41) is 0.758. The maximum Gasteiger partial charge on any atom is 0.259 e. The van der Waals surface area contributed by atoms with Gasteiger partial charge in [0.25, 0.3) is 5.91 Å². The van der Waals surface area contributed by atoms with Crippen molar-refractivity contribution >= 4 is 29.1 Å². The first-order valence-electron chi connectivity index (χ1n) is 7.58. The third kappa shape index (κ3) is 2.80. The molecule has 2 fully saturated rings. The van der Waals surface area contributed by atoms with Gasteiger partial charge in [-0.15, -0.1) is 0 Å². The first-order chi connectivity index (χ1) is 10.6. The van der Waals surface area contributed by atoms with E-state index in [-0.39, 0.29) is 18.1 Å². The molecule has 2 atom stereocenters. The molecule has 1 aliphatic carbocycles. The number of nitrogens with zero attached hydrogens (tertiary/aromatic N) is 1. The number of amides is 1. The molecular formula is C16H19Cl2NO3. The van der Waals surface area contributed by atoms with Crippen LogP contribution in [0.3, 0.4) is 0 Å². The molecule has 2 unspecified atom stereocenters. The fourth-order valence-electron chi connectivity index (χ4n) is 3.42. The minimum absolute atomic E-state index is 0.120. The zero-order valence-corrected chi connectivity index (χ0v) is 14.0. The average molecular weight is 344 g/mol. The molecule has 1 amide bonds.